The van der Waals surface area contributed by atoms with Crippen molar-refractivity contribution in [3.8, 4) is 0 Å². The van der Waals surface area contributed by atoms with Crippen LogP contribution in [0, 0.1) is 10.1 Å². The second-order valence-corrected chi connectivity index (χ2v) is 9.14. The molecule has 8 nitrogen and oxygen atoms in total. The van der Waals surface area contributed by atoms with E-state index < -0.39 is 4.92 Å². The van der Waals surface area contributed by atoms with Gasteiger partial charge in [-0.15, -0.1) is 11.3 Å². The van der Waals surface area contributed by atoms with Gasteiger partial charge in [0.15, 0.2) is 0 Å². The molecule has 0 saturated heterocycles. The van der Waals surface area contributed by atoms with Gasteiger partial charge in [0.1, 0.15) is 5.03 Å². The number of carbonyl (C=O) groups is 1. The number of amides is 1. The van der Waals surface area contributed by atoms with E-state index in [4.69, 9.17) is 0 Å². The number of anilines is 1. The number of nitrogens with zero attached hydrogens (tertiary/aromatic N) is 3. The highest BCUT2D eigenvalue weighted by Gasteiger charge is 2.21. The predicted octanol–water partition coefficient (Wildman–Crippen LogP) is 3.87. The van der Waals surface area contributed by atoms with E-state index >= 15 is 0 Å². The third kappa shape index (κ3) is 5.02. The molecule has 0 radical (unpaired) electrons. The van der Waals surface area contributed by atoms with Crippen LogP contribution in [0.2, 0.25) is 0 Å². The topological polar surface area (TPSA) is 107 Å². The maximum Gasteiger partial charge on any atom is 0.349 e. The summed E-state index contributed by atoms with van der Waals surface area (Å²) in [5, 5.41) is 16.2. The zero-order chi connectivity index (χ0) is 21.8. The third-order valence-corrected chi connectivity index (χ3v) is 6.90. The number of hydrogen-bond donors (Lipinski definition) is 1. The number of thiophene rings is 1. The molecule has 160 valence electrons. The number of hydrogen-bond acceptors (Lipinski definition) is 7. The van der Waals surface area contributed by atoms with E-state index in [0.717, 1.165) is 41.8 Å². The number of nitrogens with one attached hydrogen (secondary N) is 1. The molecule has 0 saturated carbocycles. The highest BCUT2D eigenvalue weighted by atomic mass is 32.2. The lowest BCUT2D eigenvalue weighted by atomic mass is 9.97. The number of non-ortho nitro benzene ring substituents is 1. The van der Waals surface area contributed by atoms with Crippen molar-refractivity contribution in [3.05, 3.63) is 78.5 Å². The highest BCUT2D eigenvalue weighted by Crippen LogP contribution is 2.29. The number of nitro groups is 1. The van der Waals surface area contributed by atoms with E-state index in [1.165, 1.54) is 30.0 Å². The Labute approximate surface area is 186 Å². The maximum absolute atomic E-state index is 12.8. The van der Waals surface area contributed by atoms with Gasteiger partial charge < -0.3 is 5.32 Å². The Kier molecular flexibility index (Phi) is 6.47. The van der Waals surface area contributed by atoms with Gasteiger partial charge in [0.05, 0.1) is 17.2 Å². The molecule has 0 bridgehead atoms. The lowest BCUT2D eigenvalue weighted by molar-refractivity contribution is -0.384. The molecule has 1 aliphatic rings. The zero-order valence-corrected chi connectivity index (χ0v) is 18.2. The van der Waals surface area contributed by atoms with Crippen LogP contribution in [0.1, 0.15) is 29.0 Å². The molecule has 0 unspecified atom stereocenters. The van der Waals surface area contributed by atoms with Gasteiger partial charge in [-0.3, -0.25) is 19.5 Å². The Bertz CT molecular complexity index is 1170. The van der Waals surface area contributed by atoms with Gasteiger partial charge in [-0.25, -0.2) is 4.79 Å². The van der Waals surface area contributed by atoms with Gasteiger partial charge >= 0.3 is 5.69 Å². The van der Waals surface area contributed by atoms with Crippen LogP contribution in [0.3, 0.4) is 0 Å². The number of rotatable bonds is 7. The Morgan fingerprint density at radius 3 is 2.87 bits per heavy atom. The number of nitro benzene ring substituents is 1. The van der Waals surface area contributed by atoms with Crippen molar-refractivity contribution in [2.24, 2.45) is 0 Å². The van der Waals surface area contributed by atoms with Gasteiger partial charge in [-0.2, -0.15) is 4.98 Å². The van der Waals surface area contributed by atoms with Crippen molar-refractivity contribution in [2.75, 3.05) is 11.1 Å². The molecule has 1 N–H and O–H groups in total. The zero-order valence-electron chi connectivity index (χ0n) is 16.6. The molecule has 1 aromatic carbocycles. The summed E-state index contributed by atoms with van der Waals surface area (Å²) in [5.74, 6) is -0.240. The average molecular weight is 457 g/mol. The minimum Gasteiger partial charge on any atom is -0.325 e. The van der Waals surface area contributed by atoms with Crippen molar-refractivity contribution in [3.63, 3.8) is 0 Å². The van der Waals surface area contributed by atoms with Crippen LogP contribution in [0.5, 0.6) is 0 Å². The van der Waals surface area contributed by atoms with Gasteiger partial charge in [-0.05, 0) is 43.2 Å². The summed E-state index contributed by atoms with van der Waals surface area (Å²) in [6, 6.07) is 9.77. The standard InChI is InChI=1S/C21H20N4O4S2/c26-19(22-14-5-3-6-15(11-14)25(28)29)13-31-20-17-8-1-2-9-18(17)24(21(27)23-20)12-16-7-4-10-30-16/h3-7,10-11H,1-2,8-9,12-13H2,(H,22,26). The van der Waals surface area contributed by atoms with Crippen LogP contribution in [0.15, 0.2) is 51.6 Å². The molecular weight excluding hydrogens is 436 g/mol. The van der Waals surface area contributed by atoms with Gasteiger partial charge in [0.2, 0.25) is 5.91 Å². The second-order valence-electron chi connectivity index (χ2n) is 7.14. The first-order chi connectivity index (χ1) is 15.0. The molecule has 0 fully saturated rings. The summed E-state index contributed by atoms with van der Waals surface area (Å²) < 4.78 is 1.76. The molecule has 31 heavy (non-hydrogen) atoms. The molecule has 2 heterocycles. The predicted molar refractivity (Wildman–Crippen MR) is 121 cm³/mol. The van der Waals surface area contributed by atoms with E-state index in [1.807, 2.05) is 17.5 Å². The number of fused-ring (bicyclic) bond motifs is 1. The van der Waals surface area contributed by atoms with Crippen LogP contribution >= 0.6 is 23.1 Å². The Hall–Kier alpha value is -2.98. The minimum atomic E-state index is -0.508. The SMILES string of the molecule is O=C(CSc1nc(=O)n(Cc2cccs2)c2c1CCCC2)Nc1cccc([N+](=O)[O-])c1. The van der Waals surface area contributed by atoms with Gasteiger partial charge in [0, 0.05) is 34.0 Å². The number of aromatic nitrogens is 2. The summed E-state index contributed by atoms with van der Waals surface area (Å²) >= 11 is 2.85. The van der Waals surface area contributed by atoms with Crippen LogP contribution < -0.4 is 11.0 Å². The monoisotopic (exact) mass is 456 g/mol. The first-order valence-corrected chi connectivity index (χ1v) is 11.7. The Balaban J connectivity index is 1.50. The number of benzene rings is 1. The molecule has 0 spiro atoms. The first kappa shape index (κ1) is 21.3. The molecule has 4 rings (SSSR count). The van der Waals surface area contributed by atoms with E-state index in [-0.39, 0.29) is 23.0 Å². The lowest BCUT2D eigenvalue weighted by Crippen LogP contribution is -2.30. The second kappa shape index (κ2) is 9.44. The fourth-order valence-electron chi connectivity index (χ4n) is 3.62. The molecule has 0 aliphatic heterocycles. The third-order valence-electron chi connectivity index (χ3n) is 5.03. The molecule has 1 aliphatic carbocycles. The molecule has 1 amide bonds. The summed E-state index contributed by atoms with van der Waals surface area (Å²) in [7, 11) is 0. The number of thioether (sulfide) groups is 1. The van der Waals surface area contributed by atoms with Crippen LogP contribution in [-0.4, -0.2) is 26.1 Å². The Morgan fingerprint density at radius 1 is 1.26 bits per heavy atom. The lowest BCUT2D eigenvalue weighted by Gasteiger charge is -2.22. The molecule has 2 aromatic heterocycles. The van der Waals surface area contributed by atoms with Crippen LogP contribution in [-0.2, 0) is 24.2 Å². The normalized spacial score (nSPS) is 12.9. The molecular formula is C21H20N4O4S2. The van der Waals surface area contributed by atoms with Crippen molar-refractivity contribution in [1.29, 1.82) is 0 Å². The van der Waals surface area contributed by atoms with E-state index in [2.05, 4.69) is 10.3 Å². The van der Waals surface area contributed by atoms with Crippen LogP contribution in [0.4, 0.5) is 11.4 Å². The van der Waals surface area contributed by atoms with E-state index in [1.54, 1.807) is 22.0 Å². The quantitative estimate of drug-likeness (QED) is 0.250. The molecule has 10 heteroatoms. The smallest absolute Gasteiger partial charge is 0.325 e. The fraction of sp³-hybridized carbons (Fsp3) is 0.286. The van der Waals surface area contributed by atoms with Crippen LogP contribution in [0.25, 0.3) is 0 Å². The summed E-state index contributed by atoms with van der Waals surface area (Å²) in [6.07, 6.45) is 3.71. The van der Waals surface area contributed by atoms with E-state index in [9.17, 15) is 19.7 Å². The van der Waals surface area contributed by atoms with Gasteiger partial charge in [-0.1, -0.05) is 23.9 Å². The maximum atomic E-state index is 12.8. The summed E-state index contributed by atoms with van der Waals surface area (Å²) in [6.45, 7) is 0.518. The first-order valence-electron chi connectivity index (χ1n) is 9.83. The van der Waals surface area contributed by atoms with Crippen molar-refractivity contribution < 1.29 is 9.72 Å². The van der Waals surface area contributed by atoms with Crippen molar-refractivity contribution in [2.45, 2.75) is 37.3 Å². The highest BCUT2D eigenvalue weighted by molar-refractivity contribution is 8.00. The largest absolute Gasteiger partial charge is 0.349 e. The molecule has 0 atom stereocenters. The summed E-state index contributed by atoms with van der Waals surface area (Å²) in [4.78, 5) is 40.9. The minimum absolute atomic E-state index is 0.0660. The van der Waals surface area contributed by atoms with Gasteiger partial charge in [0.25, 0.3) is 5.69 Å². The summed E-state index contributed by atoms with van der Waals surface area (Å²) in [5.41, 5.74) is 2.05. The molecule has 3 aromatic rings. The fourth-order valence-corrected chi connectivity index (χ4v) is 5.19. The van der Waals surface area contributed by atoms with Crippen molar-refractivity contribution in [1.82, 2.24) is 9.55 Å². The average Bonchev–Trinajstić information content (AvgIpc) is 3.28. The van der Waals surface area contributed by atoms with Crippen molar-refractivity contribution >= 4 is 40.4 Å². The number of carbonyl (C=O) groups excluding carboxylic acids is 1. The Morgan fingerprint density at radius 2 is 2.10 bits per heavy atom. The van der Waals surface area contributed by atoms with E-state index in [0.29, 0.717) is 17.3 Å².